The molecule has 0 aromatic heterocycles. The first-order valence-corrected chi connectivity index (χ1v) is 15.7. The molecule has 43 heavy (non-hydrogen) atoms. The molecule has 2 fully saturated rings. The predicted molar refractivity (Wildman–Crippen MR) is 161 cm³/mol. The van der Waals surface area contributed by atoms with Crippen LogP contribution in [-0.4, -0.2) is 63.4 Å². The van der Waals surface area contributed by atoms with Gasteiger partial charge in [-0.15, -0.1) is 0 Å². The lowest BCUT2D eigenvalue weighted by Crippen LogP contribution is -2.59. The van der Waals surface area contributed by atoms with Crippen LogP contribution in [0.15, 0.2) is 24.3 Å². The van der Waals surface area contributed by atoms with Gasteiger partial charge in [-0.05, 0) is 115 Å². The third-order valence-corrected chi connectivity index (χ3v) is 8.74. The van der Waals surface area contributed by atoms with Crippen LogP contribution in [0.3, 0.4) is 0 Å². The van der Waals surface area contributed by atoms with Crippen molar-refractivity contribution in [1.82, 2.24) is 10.6 Å². The first kappa shape index (κ1) is 35.6. The molecular weight excluding hydrogens is 561 g/mol. The van der Waals surface area contributed by atoms with Gasteiger partial charge >= 0.3 is 12.1 Å². The van der Waals surface area contributed by atoms with Crippen molar-refractivity contribution in [3.63, 3.8) is 0 Å². The Balaban J connectivity index is 1.95. The zero-order chi connectivity index (χ0) is 32.1. The smallest absolute Gasteiger partial charge is 0.416 e. The van der Waals surface area contributed by atoms with E-state index in [1.165, 1.54) is 12.1 Å². The normalized spacial score (nSPS) is 30.9. The SMILES string of the molecule is CN[C@H]1C[C@@H](C)O[C@@H](OC2C(C)(C)CCCNCCCCOC(=O)C(C)(C)CC2(C)C)[C@@H]1Oc1ccc(C(F)(F)F)cc1. The van der Waals surface area contributed by atoms with Crippen LogP contribution in [0.2, 0.25) is 0 Å². The van der Waals surface area contributed by atoms with Gasteiger partial charge in [0.25, 0.3) is 0 Å². The molecule has 2 aliphatic rings. The molecule has 1 unspecified atom stereocenters. The number of hydrogen-bond donors (Lipinski definition) is 2. The lowest BCUT2D eigenvalue weighted by molar-refractivity contribution is -0.285. The Kier molecular flexibility index (Phi) is 12.0. The van der Waals surface area contributed by atoms with Crippen molar-refractivity contribution in [3.05, 3.63) is 29.8 Å². The van der Waals surface area contributed by atoms with Crippen molar-refractivity contribution in [2.75, 3.05) is 26.7 Å². The summed E-state index contributed by atoms with van der Waals surface area (Å²) in [5.74, 6) is 0.0850. The highest BCUT2D eigenvalue weighted by Gasteiger charge is 2.50. The standard InChI is InChI=1S/C33H53F3N2O5/c1-22-20-25(37-8)26(42-24-14-12-23(13-15-24)33(34,35)36)27(41-22)43-28-30(2,3)16-11-18-38-17-9-10-19-40-29(39)32(6,7)21-31(28,4)5/h12-15,22,25-28,37-38H,9-11,16-21H2,1-8H3/t22-,25+,26-,27+,28?/m1/s1. The van der Waals surface area contributed by atoms with Gasteiger partial charge in [-0.1, -0.05) is 27.7 Å². The van der Waals surface area contributed by atoms with Crippen molar-refractivity contribution in [3.8, 4) is 5.75 Å². The summed E-state index contributed by atoms with van der Waals surface area (Å²) in [6.07, 6.45) is -1.60. The van der Waals surface area contributed by atoms with Crippen molar-refractivity contribution in [2.24, 2.45) is 16.2 Å². The third kappa shape index (κ3) is 9.80. The zero-order valence-corrected chi connectivity index (χ0v) is 27.2. The summed E-state index contributed by atoms with van der Waals surface area (Å²) >= 11 is 0. The van der Waals surface area contributed by atoms with E-state index in [4.69, 9.17) is 18.9 Å². The number of halogens is 3. The molecule has 2 aliphatic heterocycles. The number of esters is 1. The van der Waals surface area contributed by atoms with Crippen LogP contribution in [-0.2, 0) is 25.2 Å². The molecule has 246 valence electrons. The van der Waals surface area contributed by atoms with Gasteiger partial charge in [0.15, 0.2) is 12.4 Å². The largest absolute Gasteiger partial charge is 0.483 e. The average molecular weight is 615 g/mol. The Labute approximate surface area is 255 Å². The predicted octanol–water partition coefficient (Wildman–Crippen LogP) is 6.74. The van der Waals surface area contributed by atoms with Gasteiger partial charge in [-0.2, -0.15) is 13.2 Å². The van der Waals surface area contributed by atoms with E-state index in [9.17, 15) is 18.0 Å². The summed E-state index contributed by atoms with van der Waals surface area (Å²) in [7, 11) is 1.84. The highest BCUT2D eigenvalue weighted by Crippen LogP contribution is 2.47. The summed E-state index contributed by atoms with van der Waals surface area (Å²) in [4.78, 5) is 13.2. The van der Waals surface area contributed by atoms with Gasteiger partial charge in [0.2, 0.25) is 0 Å². The second-order valence-electron chi connectivity index (χ2n) is 14.3. The Hall–Kier alpha value is -1.88. The van der Waals surface area contributed by atoms with Crippen LogP contribution in [0.1, 0.15) is 92.6 Å². The van der Waals surface area contributed by atoms with Crippen molar-refractivity contribution >= 4 is 5.97 Å². The first-order chi connectivity index (χ1) is 20.0. The Morgan fingerprint density at radius 2 is 1.63 bits per heavy atom. The number of cyclic esters (lactones) is 1. The van der Waals surface area contributed by atoms with Crippen molar-refractivity contribution in [2.45, 2.75) is 124 Å². The molecule has 0 spiro atoms. The maximum atomic E-state index is 13.2. The van der Waals surface area contributed by atoms with Crippen LogP contribution in [0.25, 0.3) is 0 Å². The quantitative estimate of drug-likeness (QED) is 0.356. The number of rotatable bonds is 5. The summed E-state index contributed by atoms with van der Waals surface area (Å²) in [5.41, 5.74) is -2.29. The minimum Gasteiger partial charge on any atom is -0.483 e. The molecule has 0 saturated carbocycles. The Morgan fingerprint density at radius 3 is 2.26 bits per heavy atom. The molecule has 3 rings (SSSR count). The maximum Gasteiger partial charge on any atom is 0.416 e. The molecule has 2 N–H and O–H groups in total. The molecule has 5 atom stereocenters. The molecule has 7 nitrogen and oxygen atoms in total. The summed E-state index contributed by atoms with van der Waals surface area (Å²) < 4.78 is 65.0. The molecule has 10 heteroatoms. The molecule has 1 aromatic rings. The first-order valence-electron chi connectivity index (χ1n) is 15.7. The lowest BCUT2D eigenvalue weighted by atomic mass is 9.64. The molecule has 2 saturated heterocycles. The zero-order valence-electron chi connectivity index (χ0n) is 27.2. The highest BCUT2D eigenvalue weighted by molar-refractivity contribution is 5.76. The summed E-state index contributed by atoms with van der Waals surface area (Å²) in [5, 5.41) is 6.81. The molecule has 2 heterocycles. The number of benzene rings is 1. The van der Waals surface area contributed by atoms with Crippen LogP contribution >= 0.6 is 0 Å². The number of alkyl halides is 3. The number of nitrogens with one attached hydrogen (secondary N) is 2. The van der Waals surface area contributed by atoms with Gasteiger partial charge in [0.1, 0.15) is 5.75 Å². The van der Waals surface area contributed by atoms with Crippen LogP contribution in [0, 0.1) is 16.2 Å². The van der Waals surface area contributed by atoms with E-state index in [2.05, 4.69) is 38.3 Å². The van der Waals surface area contributed by atoms with E-state index in [1.54, 1.807) is 0 Å². The van der Waals surface area contributed by atoms with Crippen LogP contribution in [0.5, 0.6) is 5.75 Å². The number of carbonyl (C=O) groups is 1. The maximum absolute atomic E-state index is 13.2. The van der Waals surface area contributed by atoms with E-state index >= 15 is 0 Å². The van der Waals surface area contributed by atoms with Gasteiger partial charge in [0.05, 0.1) is 35.8 Å². The molecule has 0 bridgehead atoms. The highest BCUT2D eigenvalue weighted by atomic mass is 19.4. The number of ether oxygens (including phenoxy) is 4. The monoisotopic (exact) mass is 614 g/mol. The minimum atomic E-state index is -4.43. The fourth-order valence-electron chi connectivity index (χ4n) is 6.95. The summed E-state index contributed by atoms with van der Waals surface area (Å²) in [6, 6.07) is 4.55. The fourth-order valence-corrected chi connectivity index (χ4v) is 6.95. The van der Waals surface area contributed by atoms with E-state index in [-0.39, 0.29) is 29.6 Å². The fraction of sp³-hybridized carbons (Fsp3) is 0.788. The number of carbonyl (C=O) groups excluding carboxylic acids is 1. The number of likely N-dealkylation sites (N-methyl/N-ethyl adjacent to an activating group) is 1. The lowest BCUT2D eigenvalue weighted by Gasteiger charge is -2.50. The Bertz CT molecular complexity index is 1030. The molecule has 0 radical (unpaired) electrons. The van der Waals surface area contributed by atoms with E-state index in [0.717, 1.165) is 50.9 Å². The van der Waals surface area contributed by atoms with E-state index in [0.29, 0.717) is 25.2 Å². The topological polar surface area (TPSA) is 78.0 Å². The molecule has 0 aliphatic carbocycles. The van der Waals surface area contributed by atoms with Gasteiger partial charge in [0, 0.05) is 0 Å². The third-order valence-electron chi connectivity index (χ3n) is 8.74. The van der Waals surface area contributed by atoms with Gasteiger partial charge in [-0.25, -0.2) is 0 Å². The molecular formula is C33H53F3N2O5. The summed E-state index contributed by atoms with van der Waals surface area (Å²) in [6.45, 7) is 16.6. The second kappa shape index (κ2) is 14.5. The second-order valence-corrected chi connectivity index (χ2v) is 14.3. The average Bonchev–Trinajstić information content (AvgIpc) is 2.90. The van der Waals surface area contributed by atoms with E-state index < -0.39 is 35.0 Å². The van der Waals surface area contributed by atoms with Gasteiger partial charge in [-0.3, -0.25) is 4.79 Å². The molecule has 0 amide bonds. The number of hydrogen-bond acceptors (Lipinski definition) is 7. The van der Waals surface area contributed by atoms with Gasteiger partial charge < -0.3 is 29.6 Å². The van der Waals surface area contributed by atoms with E-state index in [1.807, 2.05) is 27.8 Å². The Morgan fingerprint density at radius 1 is 0.977 bits per heavy atom. The van der Waals surface area contributed by atoms with Crippen LogP contribution in [0.4, 0.5) is 13.2 Å². The molecule has 1 aromatic carbocycles. The van der Waals surface area contributed by atoms with Crippen LogP contribution < -0.4 is 15.4 Å². The minimum absolute atomic E-state index is 0.140. The van der Waals surface area contributed by atoms with Crippen molar-refractivity contribution in [1.29, 1.82) is 0 Å². The van der Waals surface area contributed by atoms with Crippen molar-refractivity contribution < 1.29 is 36.9 Å².